The van der Waals surface area contributed by atoms with Gasteiger partial charge in [-0.3, -0.25) is 14.5 Å². The van der Waals surface area contributed by atoms with Gasteiger partial charge in [-0.25, -0.2) is 0 Å². The number of likely N-dealkylation sites (tertiary alicyclic amines) is 1. The second-order valence-corrected chi connectivity index (χ2v) is 5.67. The van der Waals surface area contributed by atoms with Gasteiger partial charge in [0.05, 0.1) is 31.1 Å². The Balaban J connectivity index is 1.67. The number of fused-ring (bicyclic) bond motifs is 1. The average molecular weight is 320 g/mol. The number of hydrogen-bond acceptors (Lipinski definition) is 7. The van der Waals surface area contributed by atoms with Crippen LogP contribution >= 0.6 is 11.7 Å². The zero-order chi connectivity index (χ0) is 15.5. The molecule has 7 nitrogen and oxygen atoms in total. The minimum Gasteiger partial charge on any atom is -0.468 e. The number of nitrogens with zero attached hydrogens (tertiary/aromatic N) is 3. The van der Waals surface area contributed by atoms with Crippen molar-refractivity contribution in [3.63, 3.8) is 0 Å². The van der Waals surface area contributed by atoms with Crippen molar-refractivity contribution in [1.82, 2.24) is 13.6 Å². The molecule has 1 N–H and O–H groups in total. The predicted molar refractivity (Wildman–Crippen MR) is 82.7 cm³/mol. The molecule has 1 atom stereocenters. The van der Waals surface area contributed by atoms with E-state index in [0.717, 1.165) is 36.6 Å². The van der Waals surface area contributed by atoms with E-state index in [1.165, 1.54) is 7.11 Å². The van der Waals surface area contributed by atoms with Gasteiger partial charge in [0.1, 0.15) is 17.1 Å². The fraction of sp³-hybridized carbons (Fsp3) is 0.429. The van der Waals surface area contributed by atoms with Crippen LogP contribution in [0.5, 0.6) is 0 Å². The Morgan fingerprint density at radius 3 is 3.14 bits per heavy atom. The molecule has 1 aliphatic heterocycles. The molecule has 1 fully saturated rings. The number of ether oxygens (including phenoxy) is 1. The molecule has 1 aliphatic rings. The largest absolute Gasteiger partial charge is 0.468 e. The smallest absolute Gasteiger partial charge is 0.323 e. The van der Waals surface area contributed by atoms with Gasteiger partial charge in [-0.2, -0.15) is 8.75 Å². The van der Waals surface area contributed by atoms with Gasteiger partial charge in [0.15, 0.2) is 0 Å². The minimum absolute atomic E-state index is 0.160. The van der Waals surface area contributed by atoms with Gasteiger partial charge in [0.2, 0.25) is 5.91 Å². The monoisotopic (exact) mass is 320 g/mol. The Morgan fingerprint density at radius 2 is 2.32 bits per heavy atom. The highest BCUT2D eigenvalue weighted by Crippen LogP contribution is 2.22. The number of hydrogen-bond donors (Lipinski definition) is 1. The highest BCUT2D eigenvalue weighted by molar-refractivity contribution is 7.00. The van der Waals surface area contributed by atoms with Crippen LogP contribution in [-0.4, -0.2) is 51.8 Å². The van der Waals surface area contributed by atoms with Gasteiger partial charge >= 0.3 is 5.97 Å². The van der Waals surface area contributed by atoms with Crippen LogP contribution < -0.4 is 5.32 Å². The van der Waals surface area contributed by atoms with Gasteiger partial charge in [0, 0.05) is 0 Å². The number of aromatic nitrogens is 2. The van der Waals surface area contributed by atoms with E-state index in [1.807, 2.05) is 17.0 Å². The molecule has 1 unspecified atom stereocenters. The molecule has 0 radical (unpaired) electrons. The van der Waals surface area contributed by atoms with Crippen LogP contribution in [0.2, 0.25) is 0 Å². The van der Waals surface area contributed by atoms with Crippen molar-refractivity contribution in [2.45, 2.75) is 18.9 Å². The predicted octanol–water partition coefficient (Wildman–Crippen LogP) is 1.27. The molecule has 1 amide bonds. The Hall–Kier alpha value is -2.06. The van der Waals surface area contributed by atoms with E-state index in [-0.39, 0.29) is 24.5 Å². The molecule has 2 aromatic rings. The quantitative estimate of drug-likeness (QED) is 0.854. The first-order valence-electron chi connectivity index (χ1n) is 7.02. The number of carbonyl (C=O) groups excluding carboxylic acids is 2. The maximum atomic E-state index is 12.2. The lowest BCUT2D eigenvalue weighted by atomic mass is 10.2. The van der Waals surface area contributed by atoms with Gasteiger partial charge < -0.3 is 10.1 Å². The van der Waals surface area contributed by atoms with Crippen LogP contribution in [0.15, 0.2) is 18.2 Å². The third-order valence-corrected chi connectivity index (χ3v) is 4.29. The van der Waals surface area contributed by atoms with E-state index >= 15 is 0 Å². The number of carbonyl (C=O) groups is 2. The molecular weight excluding hydrogens is 304 g/mol. The van der Waals surface area contributed by atoms with Crippen LogP contribution in [0.1, 0.15) is 12.8 Å². The van der Waals surface area contributed by atoms with Crippen molar-refractivity contribution >= 4 is 40.3 Å². The zero-order valence-corrected chi connectivity index (χ0v) is 12.9. The molecule has 0 saturated carbocycles. The third kappa shape index (κ3) is 2.93. The summed E-state index contributed by atoms with van der Waals surface area (Å²) in [5.74, 6) is -0.451. The standard InChI is InChI=1S/C14H16N4O3S/c1-21-14(20)11-6-3-7-18(11)8-12(19)15-9-4-2-5-10-13(9)17-22-16-10/h2,4-5,11H,3,6-8H2,1H3,(H,15,19). The number of esters is 1. The van der Waals surface area contributed by atoms with Crippen LogP contribution in [0.3, 0.4) is 0 Å². The summed E-state index contributed by atoms with van der Waals surface area (Å²) in [6.45, 7) is 0.878. The molecular formula is C14H16N4O3S. The summed E-state index contributed by atoms with van der Waals surface area (Å²) < 4.78 is 13.1. The summed E-state index contributed by atoms with van der Waals surface area (Å²) in [5, 5.41) is 2.85. The molecule has 1 aromatic heterocycles. The molecule has 1 aromatic carbocycles. The molecule has 1 saturated heterocycles. The molecule has 3 rings (SSSR count). The number of benzene rings is 1. The van der Waals surface area contributed by atoms with Gasteiger partial charge in [-0.05, 0) is 31.5 Å². The molecule has 22 heavy (non-hydrogen) atoms. The van der Waals surface area contributed by atoms with Crippen molar-refractivity contribution in [3.8, 4) is 0 Å². The van der Waals surface area contributed by atoms with Crippen LogP contribution in [0, 0.1) is 0 Å². The minimum atomic E-state index is -0.326. The molecule has 0 spiro atoms. The SMILES string of the molecule is COC(=O)C1CCCN1CC(=O)Nc1cccc2nsnc12. The number of nitrogens with one attached hydrogen (secondary N) is 1. The number of anilines is 1. The van der Waals surface area contributed by atoms with Crippen LogP contribution in [0.25, 0.3) is 11.0 Å². The van der Waals surface area contributed by atoms with Gasteiger partial charge in [-0.15, -0.1) is 0 Å². The lowest BCUT2D eigenvalue weighted by Crippen LogP contribution is -2.41. The van der Waals surface area contributed by atoms with E-state index < -0.39 is 0 Å². The maximum absolute atomic E-state index is 12.2. The molecule has 2 heterocycles. The van der Waals surface area contributed by atoms with Crippen molar-refractivity contribution in [3.05, 3.63) is 18.2 Å². The van der Waals surface area contributed by atoms with Crippen molar-refractivity contribution < 1.29 is 14.3 Å². The number of amides is 1. The number of methoxy groups -OCH3 is 1. The molecule has 0 aliphatic carbocycles. The summed E-state index contributed by atoms with van der Waals surface area (Å²) in [7, 11) is 1.37. The maximum Gasteiger partial charge on any atom is 0.323 e. The second kappa shape index (κ2) is 6.37. The van der Waals surface area contributed by atoms with E-state index in [2.05, 4.69) is 14.1 Å². The van der Waals surface area contributed by atoms with Gasteiger partial charge in [0.25, 0.3) is 0 Å². The molecule has 0 bridgehead atoms. The number of rotatable bonds is 4. The van der Waals surface area contributed by atoms with E-state index in [0.29, 0.717) is 11.2 Å². The summed E-state index contributed by atoms with van der Waals surface area (Å²) in [6, 6.07) is 5.14. The van der Waals surface area contributed by atoms with Crippen molar-refractivity contribution in [1.29, 1.82) is 0 Å². The fourth-order valence-corrected chi connectivity index (χ4v) is 3.25. The lowest BCUT2D eigenvalue weighted by Gasteiger charge is -2.21. The molecule has 116 valence electrons. The first-order valence-corrected chi connectivity index (χ1v) is 7.75. The van der Waals surface area contributed by atoms with Crippen molar-refractivity contribution in [2.24, 2.45) is 0 Å². The lowest BCUT2D eigenvalue weighted by molar-refractivity contribution is -0.146. The zero-order valence-electron chi connectivity index (χ0n) is 12.1. The fourth-order valence-electron chi connectivity index (χ4n) is 2.70. The Kier molecular flexibility index (Phi) is 4.30. The van der Waals surface area contributed by atoms with Crippen LogP contribution in [0.4, 0.5) is 5.69 Å². The third-order valence-electron chi connectivity index (χ3n) is 3.74. The van der Waals surface area contributed by atoms with E-state index in [9.17, 15) is 9.59 Å². The summed E-state index contributed by atoms with van der Waals surface area (Å²) in [4.78, 5) is 25.8. The second-order valence-electron chi connectivity index (χ2n) is 5.14. The Morgan fingerprint density at radius 1 is 1.45 bits per heavy atom. The van der Waals surface area contributed by atoms with Gasteiger partial charge in [-0.1, -0.05) is 6.07 Å². The summed E-state index contributed by atoms with van der Waals surface area (Å²) >= 11 is 1.11. The Labute approximate surface area is 131 Å². The summed E-state index contributed by atoms with van der Waals surface area (Å²) in [6.07, 6.45) is 1.62. The molecule has 8 heteroatoms. The Bertz CT molecular complexity index is 702. The average Bonchev–Trinajstić information content (AvgIpc) is 3.15. The van der Waals surface area contributed by atoms with Crippen molar-refractivity contribution in [2.75, 3.05) is 25.5 Å². The van der Waals surface area contributed by atoms with E-state index in [4.69, 9.17) is 4.74 Å². The first-order chi connectivity index (χ1) is 10.7. The van der Waals surface area contributed by atoms with E-state index in [1.54, 1.807) is 6.07 Å². The topological polar surface area (TPSA) is 84.4 Å². The first kappa shape index (κ1) is 14.9. The van der Waals surface area contributed by atoms with Crippen LogP contribution in [-0.2, 0) is 14.3 Å². The normalized spacial score (nSPS) is 18.5. The highest BCUT2D eigenvalue weighted by Gasteiger charge is 2.32. The summed E-state index contributed by atoms with van der Waals surface area (Å²) in [5.41, 5.74) is 2.09. The highest BCUT2D eigenvalue weighted by atomic mass is 32.1.